The number of carbonyl (C=O) groups excluding carboxylic acids is 1. The Morgan fingerprint density at radius 2 is 1.53 bits per heavy atom. The standard InChI is InChI=1S/C28H20N2O5S/c31-25-12-9-16-5-1-2-6-19(16)27(25)22-15-24(20-7-3-4-8-21(20)28(22)33)30-36(34,35)18-10-11-23-17(13-18)14-26(32)29-23/h1-13,15,30-31,33H,14H2,(H,29,32). The van der Waals surface area contributed by atoms with Crippen molar-refractivity contribution in [2.75, 3.05) is 10.0 Å². The number of carbonyl (C=O) groups is 1. The predicted molar refractivity (Wildman–Crippen MR) is 140 cm³/mol. The Labute approximate surface area is 206 Å². The summed E-state index contributed by atoms with van der Waals surface area (Å²) < 4.78 is 29.5. The van der Waals surface area contributed by atoms with Gasteiger partial charge < -0.3 is 15.5 Å². The minimum absolute atomic E-state index is 0.0180. The summed E-state index contributed by atoms with van der Waals surface area (Å²) in [5.41, 5.74) is 2.16. The summed E-state index contributed by atoms with van der Waals surface area (Å²) in [6, 6.07) is 23.7. The van der Waals surface area contributed by atoms with Gasteiger partial charge in [-0.15, -0.1) is 0 Å². The fourth-order valence-corrected chi connectivity index (χ4v) is 5.88. The highest BCUT2D eigenvalue weighted by Gasteiger charge is 2.24. The number of hydrogen-bond donors (Lipinski definition) is 4. The molecule has 5 aromatic rings. The van der Waals surface area contributed by atoms with Crippen molar-refractivity contribution in [2.45, 2.75) is 11.3 Å². The molecule has 0 saturated carbocycles. The lowest BCUT2D eigenvalue weighted by atomic mass is 9.93. The first-order valence-electron chi connectivity index (χ1n) is 11.2. The van der Waals surface area contributed by atoms with Gasteiger partial charge in [-0.1, -0.05) is 54.6 Å². The van der Waals surface area contributed by atoms with Crippen LogP contribution in [0.15, 0.2) is 89.8 Å². The van der Waals surface area contributed by atoms with Crippen molar-refractivity contribution in [1.29, 1.82) is 0 Å². The zero-order chi connectivity index (χ0) is 25.0. The van der Waals surface area contributed by atoms with Gasteiger partial charge in [0.2, 0.25) is 5.91 Å². The number of aromatic hydroxyl groups is 2. The van der Waals surface area contributed by atoms with Crippen molar-refractivity contribution < 1.29 is 23.4 Å². The molecule has 0 aliphatic carbocycles. The van der Waals surface area contributed by atoms with Crippen LogP contribution in [0.1, 0.15) is 5.56 Å². The number of phenolic OH excluding ortho intramolecular Hbond substituents is 2. The number of benzene rings is 5. The second-order valence-electron chi connectivity index (χ2n) is 8.70. The van der Waals surface area contributed by atoms with E-state index in [1.165, 1.54) is 18.2 Å². The van der Waals surface area contributed by atoms with Gasteiger partial charge in [0, 0.05) is 27.6 Å². The summed E-state index contributed by atoms with van der Waals surface area (Å²) in [6.07, 6.45) is 0.116. The summed E-state index contributed by atoms with van der Waals surface area (Å²) in [5, 5.41) is 27.2. The third kappa shape index (κ3) is 3.50. The molecule has 6 rings (SSSR count). The van der Waals surface area contributed by atoms with Gasteiger partial charge in [0.1, 0.15) is 11.5 Å². The summed E-state index contributed by atoms with van der Waals surface area (Å²) in [7, 11) is -4.04. The molecule has 1 aliphatic heterocycles. The van der Waals surface area contributed by atoms with Crippen LogP contribution in [0.5, 0.6) is 11.5 Å². The third-order valence-corrected chi connectivity index (χ3v) is 7.81. The molecule has 5 aromatic carbocycles. The van der Waals surface area contributed by atoms with E-state index >= 15 is 0 Å². The number of anilines is 2. The zero-order valence-electron chi connectivity index (χ0n) is 18.8. The Balaban J connectivity index is 1.54. The van der Waals surface area contributed by atoms with Crippen LogP contribution in [0.3, 0.4) is 0 Å². The molecular weight excluding hydrogens is 476 g/mol. The second kappa shape index (κ2) is 8.00. The van der Waals surface area contributed by atoms with Crippen LogP contribution in [0.2, 0.25) is 0 Å². The Hall–Kier alpha value is -4.56. The van der Waals surface area contributed by atoms with Crippen molar-refractivity contribution in [1.82, 2.24) is 0 Å². The molecule has 0 spiro atoms. The van der Waals surface area contributed by atoms with Crippen LogP contribution in [0, 0.1) is 0 Å². The van der Waals surface area contributed by atoms with E-state index in [1.807, 2.05) is 24.3 Å². The van der Waals surface area contributed by atoms with Crippen molar-refractivity contribution >= 4 is 48.9 Å². The largest absolute Gasteiger partial charge is 0.507 e. The van der Waals surface area contributed by atoms with Gasteiger partial charge >= 0.3 is 0 Å². The minimum atomic E-state index is -4.04. The summed E-state index contributed by atoms with van der Waals surface area (Å²) in [5.74, 6) is -0.289. The van der Waals surface area contributed by atoms with Gasteiger partial charge in [0.25, 0.3) is 10.0 Å². The maximum atomic E-state index is 13.4. The lowest BCUT2D eigenvalue weighted by Gasteiger charge is -2.17. The molecule has 0 unspecified atom stereocenters. The lowest BCUT2D eigenvalue weighted by Crippen LogP contribution is -2.13. The number of sulfonamides is 1. The van der Waals surface area contributed by atoms with Gasteiger partial charge in [0.05, 0.1) is 17.0 Å². The van der Waals surface area contributed by atoms with E-state index in [9.17, 15) is 23.4 Å². The topological polar surface area (TPSA) is 116 Å². The molecule has 1 heterocycles. The van der Waals surface area contributed by atoms with E-state index < -0.39 is 10.0 Å². The van der Waals surface area contributed by atoms with Crippen LogP contribution in [-0.2, 0) is 21.2 Å². The lowest BCUT2D eigenvalue weighted by molar-refractivity contribution is -0.115. The van der Waals surface area contributed by atoms with Crippen molar-refractivity contribution in [3.05, 3.63) is 90.5 Å². The highest BCUT2D eigenvalue weighted by Crippen LogP contribution is 2.46. The zero-order valence-corrected chi connectivity index (χ0v) is 19.6. The maximum absolute atomic E-state index is 13.4. The number of nitrogens with one attached hydrogen (secondary N) is 2. The van der Waals surface area contributed by atoms with Crippen LogP contribution in [0.25, 0.3) is 32.7 Å². The van der Waals surface area contributed by atoms with Gasteiger partial charge in [-0.25, -0.2) is 8.42 Å². The van der Waals surface area contributed by atoms with Gasteiger partial charge in [-0.05, 0) is 46.7 Å². The van der Waals surface area contributed by atoms with E-state index in [0.29, 0.717) is 38.5 Å². The summed E-state index contributed by atoms with van der Waals surface area (Å²) in [6.45, 7) is 0. The molecule has 8 heteroatoms. The van der Waals surface area contributed by atoms with Crippen LogP contribution >= 0.6 is 0 Å². The number of rotatable bonds is 4. The van der Waals surface area contributed by atoms with Gasteiger partial charge in [-0.3, -0.25) is 9.52 Å². The molecule has 1 aliphatic rings. The van der Waals surface area contributed by atoms with Crippen molar-refractivity contribution in [3.8, 4) is 22.6 Å². The Kier molecular flexibility index (Phi) is 4.87. The van der Waals surface area contributed by atoms with Crippen LogP contribution < -0.4 is 10.0 Å². The number of fused-ring (bicyclic) bond motifs is 3. The molecular formula is C28H20N2O5S. The van der Waals surface area contributed by atoms with E-state index in [2.05, 4.69) is 10.0 Å². The first-order valence-corrected chi connectivity index (χ1v) is 12.7. The molecule has 7 nitrogen and oxygen atoms in total. The second-order valence-corrected chi connectivity index (χ2v) is 10.4. The van der Waals surface area contributed by atoms with E-state index in [-0.39, 0.29) is 34.4 Å². The third-order valence-electron chi connectivity index (χ3n) is 6.45. The Morgan fingerprint density at radius 1 is 0.806 bits per heavy atom. The van der Waals surface area contributed by atoms with E-state index in [1.54, 1.807) is 42.5 Å². The Morgan fingerprint density at radius 3 is 2.33 bits per heavy atom. The smallest absolute Gasteiger partial charge is 0.261 e. The first kappa shape index (κ1) is 21.9. The van der Waals surface area contributed by atoms with Crippen LogP contribution in [0.4, 0.5) is 11.4 Å². The molecule has 178 valence electrons. The van der Waals surface area contributed by atoms with E-state index in [0.717, 1.165) is 5.39 Å². The number of phenols is 2. The normalized spacial score (nSPS) is 13.1. The molecule has 4 N–H and O–H groups in total. The highest BCUT2D eigenvalue weighted by molar-refractivity contribution is 7.92. The van der Waals surface area contributed by atoms with Gasteiger partial charge in [-0.2, -0.15) is 0 Å². The minimum Gasteiger partial charge on any atom is -0.507 e. The average molecular weight is 497 g/mol. The predicted octanol–water partition coefficient (Wildman–Crippen LogP) is 5.37. The summed E-state index contributed by atoms with van der Waals surface area (Å²) >= 11 is 0. The fourth-order valence-electron chi connectivity index (χ4n) is 4.75. The highest BCUT2D eigenvalue weighted by atomic mass is 32.2. The quantitative estimate of drug-likeness (QED) is 0.250. The Bertz CT molecular complexity index is 1830. The molecule has 1 amide bonds. The first-order chi connectivity index (χ1) is 17.3. The molecule has 0 atom stereocenters. The molecule has 0 fully saturated rings. The maximum Gasteiger partial charge on any atom is 0.261 e. The monoisotopic (exact) mass is 496 g/mol. The SMILES string of the molecule is O=C1Cc2cc(S(=O)(=O)Nc3cc(-c4c(O)ccc5ccccc45)c(O)c4ccccc34)ccc2N1. The van der Waals surface area contributed by atoms with Crippen molar-refractivity contribution in [3.63, 3.8) is 0 Å². The number of amides is 1. The van der Waals surface area contributed by atoms with E-state index in [4.69, 9.17) is 0 Å². The van der Waals surface area contributed by atoms with Crippen molar-refractivity contribution in [2.24, 2.45) is 0 Å². The average Bonchev–Trinajstić information content (AvgIpc) is 3.25. The molecule has 0 radical (unpaired) electrons. The molecule has 0 aromatic heterocycles. The number of hydrogen-bond acceptors (Lipinski definition) is 5. The van der Waals surface area contributed by atoms with Crippen LogP contribution in [-0.4, -0.2) is 24.5 Å². The fraction of sp³-hybridized carbons (Fsp3) is 0.0357. The molecule has 0 saturated heterocycles. The van der Waals surface area contributed by atoms with Gasteiger partial charge in [0.15, 0.2) is 0 Å². The molecule has 0 bridgehead atoms. The molecule has 36 heavy (non-hydrogen) atoms. The summed E-state index contributed by atoms with van der Waals surface area (Å²) in [4.78, 5) is 11.7.